The number of hydroxylamine groups is 1. The van der Waals surface area contributed by atoms with E-state index >= 15 is 0 Å². The molecule has 3 unspecified atom stereocenters. The molecule has 0 saturated carbocycles. The summed E-state index contributed by atoms with van der Waals surface area (Å²) in [6.45, 7) is 0. The number of hydrogen-bond donors (Lipinski definition) is 0. The highest BCUT2D eigenvalue weighted by molar-refractivity contribution is 6.35. The van der Waals surface area contributed by atoms with E-state index in [4.69, 9.17) is 28.0 Å². The zero-order chi connectivity index (χ0) is 24.2. The Kier molecular flexibility index (Phi) is 5.55. The summed E-state index contributed by atoms with van der Waals surface area (Å²) in [6, 6.07) is 16.9. The predicted molar refractivity (Wildman–Crippen MR) is 120 cm³/mol. The van der Waals surface area contributed by atoms with Crippen molar-refractivity contribution in [1.29, 1.82) is 0 Å². The summed E-state index contributed by atoms with van der Waals surface area (Å²) in [5.74, 6) is -2.47. The quantitative estimate of drug-likeness (QED) is 0.405. The third-order valence-electron chi connectivity index (χ3n) is 5.84. The molecule has 3 aromatic rings. The van der Waals surface area contributed by atoms with Crippen molar-refractivity contribution in [2.45, 2.75) is 18.3 Å². The van der Waals surface area contributed by atoms with E-state index in [2.05, 4.69) is 0 Å². The number of carbonyl (C=O) groups excluding carboxylic acids is 2. The van der Waals surface area contributed by atoms with Crippen LogP contribution in [0.3, 0.4) is 0 Å². The van der Waals surface area contributed by atoms with E-state index in [0.717, 1.165) is 23.1 Å². The molecule has 5 rings (SSSR count). The second kappa shape index (κ2) is 8.30. The van der Waals surface area contributed by atoms with Crippen molar-refractivity contribution in [2.75, 3.05) is 9.96 Å². The number of hydrogen-bond acceptors (Lipinski definition) is 4. The number of carbonyl (C=O) groups is 2. The lowest BCUT2D eigenvalue weighted by atomic mass is 9.90. The van der Waals surface area contributed by atoms with Crippen LogP contribution in [-0.2, 0) is 20.6 Å². The number of anilines is 2. The Morgan fingerprint density at radius 3 is 2.21 bits per heavy atom. The highest BCUT2D eigenvalue weighted by atomic mass is 35.5. The molecule has 5 nitrogen and oxygen atoms in total. The minimum atomic E-state index is -4.63. The molecule has 0 aromatic heterocycles. The fraction of sp³-hybridized carbons (Fsp3) is 0.167. The molecule has 3 aromatic carbocycles. The molecule has 2 amide bonds. The van der Waals surface area contributed by atoms with Gasteiger partial charge < -0.3 is 0 Å². The highest BCUT2D eigenvalue weighted by Crippen LogP contribution is 2.49. The Bertz CT molecular complexity index is 1290. The zero-order valence-corrected chi connectivity index (χ0v) is 18.7. The van der Waals surface area contributed by atoms with Crippen LogP contribution in [0.25, 0.3) is 0 Å². The first kappa shape index (κ1) is 22.7. The van der Waals surface area contributed by atoms with Crippen LogP contribution in [0.2, 0.25) is 10.0 Å². The lowest BCUT2D eigenvalue weighted by Crippen LogP contribution is -2.37. The van der Waals surface area contributed by atoms with Gasteiger partial charge in [-0.3, -0.25) is 14.4 Å². The number of imide groups is 1. The van der Waals surface area contributed by atoms with Crippen LogP contribution in [0.5, 0.6) is 0 Å². The van der Waals surface area contributed by atoms with Crippen LogP contribution >= 0.6 is 23.2 Å². The lowest BCUT2D eigenvalue weighted by molar-refractivity contribution is -0.137. The van der Waals surface area contributed by atoms with Crippen molar-refractivity contribution < 1.29 is 27.6 Å². The Morgan fingerprint density at radius 1 is 0.824 bits per heavy atom. The van der Waals surface area contributed by atoms with E-state index in [1.807, 2.05) is 0 Å². The first-order valence-electron chi connectivity index (χ1n) is 10.2. The summed E-state index contributed by atoms with van der Waals surface area (Å²) in [5.41, 5.74) is -0.0598. The minimum Gasteiger partial charge on any atom is -0.273 e. The first-order valence-corrected chi connectivity index (χ1v) is 10.9. The molecular formula is C24H15Cl2F3N2O3. The number of benzene rings is 3. The fourth-order valence-electron chi connectivity index (χ4n) is 4.35. The SMILES string of the molecule is O=C1C2ON(c3ccccc3)C(c3ccc(Cl)cc3Cl)C2C(=O)N1c1cccc(C(F)(F)F)c1. The molecule has 2 aliphatic heterocycles. The lowest BCUT2D eigenvalue weighted by Gasteiger charge is -2.29. The summed E-state index contributed by atoms with van der Waals surface area (Å²) < 4.78 is 39.7. The Morgan fingerprint density at radius 2 is 1.53 bits per heavy atom. The van der Waals surface area contributed by atoms with Crippen LogP contribution in [0.15, 0.2) is 72.8 Å². The van der Waals surface area contributed by atoms with Gasteiger partial charge in [-0.2, -0.15) is 13.2 Å². The summed E-state index contributed by atoms with van der Waals surface area (Å²) in [6.07, 6.45) is -5.86. The molecule has 0 bridgehead atoms. The number of halogens is 5. The van der Waals surface area contributed by atoms with Crippen molar-refractivity contribution in [2.24, 2.45) is 5.92 Å². The van der Waals surface area contributed by atoms with Crippen molar-refractivity contribution in [3.63, 3.8) is 0 Å². The molecule has 0 N–H and O–H groups in total. The van der Waals surface area contributed by atoms with Gasteiger partial charge in [0.15, 0.2) is 6.10 Å². The number of amides is 2. The molecule has 34 heavy (non-hydrogen) atoms. The summed E-state index contributed by atoms with van der Waals surface area (Å²) in [5, 5.41) is 2.10. The van der Waals surface area contributed by atoms with E-state index in [1.54, 1.807) is 42.5 Å². The third kappa shape index (κ3) is 3.72. The molecule has 2 saturated heterocycles. The average Bonchev–Trinajstić information content (AvgIpc) is 3.30. The largest absolute Gasteiger partial charge is 0.416 e. The Hall–Kier alpha value is -3.07. The van der Waals surface area contributed by atoms with Gasteiger partial charge in [0.1, 0.15) is 5.92 Å². The Labute approximate surface area is 202 Å². The second-order valence-corrected chi connectivity index (χ2v) is 8.73. The molecule has 10 heteroatoms. The zero-order valence-electron chi connectivity index (χ0n) is 17.2. The van der Waals surface area contributed by atoms with E-state index in [1.165, 1.54) is 17.2 Å². The maximum atomic E-state index is 13.5. The second-order valence-electron chi connectivity index (χ2n) is 7.88. The van der Waals surface area contributed by atoms with Crippen LogP contribution in [0.4, 0.5) is 24.5 Å². The van der Waals surface area contributed by atoms with E-state index in [-0.39, 0.29) is 10.7 Å². The van der Waals surface area contributed by atoms with Gasteiger partial charge in [0.05, 0.1) is 23.0 Å². The van der Waals surface area contributed by atoms with Gasteiger partial charge >= 0.3 is 6.18 Å². The van der Waals surface area contributed by atoms with Crippen LogP contribution < -0.4 is 9.96 Å². The summed E-state index contributed by atoms with van der Waals surface area (Å²) in [4.78, 5) is 33.5. The van der Waals surface area contributed by atoms with Crippen molar-refractivity contribution >= 4 is 46.4 Å². The molecular weight excluding hydrogens is 492 g/mol. The number of nitrogens with zero attached hydrogens (tertiary/aromatic N) is 2. The molecule has 174 valence electrons. The highest BCUT2D eigenvalue weighted by Gasteiger charge is 2.60. The maximum Gasteiger partial charge on any atom is 0.416 e. The van der Waals surface area contributed by atoms with E-state index in [0.29, 0.717) is 16.3 Å². The van der Waals surface area contributed by atoms with Gasteiger partial charge in [0.2, 0.25) is 5.91 Å². The normalized spacial score (nSPS) is 22.4. The van der Waals surface area contributed by atoms with E-state index < -0.39 is 41.6 Å². The van der Waals surface area contributed by atoms with Gasteiger partial charge in [-0.05, 0) is 48.0 Å². The van der Waals surface area contributed by atoms with E-state index in [9.17, 15) is 22.8 Å². The third-order valence-corrected chi connectivity index (χ3v) is 6.40. The number of fused-ring (bicyclic) bond motifs is 1. The summed E-state index contributed by atoms with van der Waals surface area (Å²) in [7, 11) is 0. The fourth-order valence-corrected chi connectivity index (χ4v) is 4.87. The number of alkyl halides is 3. The first-order chi connectivity index (χ1) is 16.2. The van der Waals surface area contributed by atoms with Crippen LogP contribution in [0, 0.1) is 5.92 Å². The van der Waals surface area contributed by atoms with Gasteiger partial charge in [-0.1, -0.05) is 53.5 Å². The topological polar surface area (TPSA) is 49.9 Å². The summed E-state index contributed by atoms with van der Waals surface area (Å²) >= 11 is 12.5. The smallest absolute Gasteiger partial charge is 0.273 e. The molecule has 3 atom stereocenters. The Balaban J connectivity index is 1.59. The molecule has 0 spiro atoms. The predicted octanol–water partition coefficient (Wildman–Crippen LogP) is 6.06. The van der Waals surface area contributed by atoms with Gasteiger partial charge in [-0.25, -0.2) is 9.96 Å². The van der Waals surface area contributed by atoms with Gasteiger partial charge in [-0.15, -0.1) is 0 Å². The molecule has 0 aliphatic carbocycles. The standard InChI is InChI=1S/C24H15Cl2F3N2O3/c25-14-9-10-17(18(26)12-14)20-19-21(34-31(20)15-6-2-1-3-7-15)23(33)30(22(19)32)16-8-4-5-13(11-16)24(27,28)29/h1-12,19-21H. The average molecular weight is 507 g/mol. The number of para-hydroxylation sites is 1. The van der Waals surface area contributed by atoms with Gasteiger partial charge in [0.25, 0.3) is 5.91 Å². The van der Waals surface area contributed by atoms with Crippen molar-refractivity contribution in [3.05, 3.63) is 94.0 Å². The van der Waals surface area contributed by atoms with Crippen LogP contribution in [0.1, 0.15) is 17.2 Å². The van der Waals surface area contributed by atoms with Crippen molar-refractivity contribution in [1.82, 2.24) is 0 Å². The molecule has 2 heterocycles. The van der Waals surface area contributed by atoms with Crippen molar-refractivity contribution in [3.8, 4) is 0 Å². The molecule has 2 fully saturated rings. The maximum absolute atomic E-state index is 13.5. The van der Waals surface area contributed by atoms with Crippen LogP contribution in [-0.4, -0.2) is 17.9 Å². The van der Waals surface area contributed by atoms with Gasteiger partial charge in [0, 0.05) is 10.0 Å². The minimum absolute atomic E-state index is 0.171. The molecule has 0 radical (unpaired) electrons. The number of rotatable bonds is 3. The molecule has 2 aliphatic rings. The monoisotopic (exact) mass is 506 g/mol.